The number of thioether (sulfide) groups is 1. The second-order valence-electron chi connectivity index (χ2n) is 13.6. The minimum atomic E-state index is -1.40. The van der Waals surface area contributed by atoms with Crippen molar-refractivity contribution in [3.05, 3.63) is 78.1 Å². The number of rotatable bonds is 6. The summed E-state index contributed by atoms with van der Waals surface area (Å²) in [5.41, 5.74) is -0.208. The lowest BCUT2D eigenvalue weighted by Gasteiger charge is -2.60. The van der Waals surface area contributed by atoms with E-state index in [1.54, 1.807) is 24.4 Å². The van der Waals surface area contributed by atoms with Crippen LogP contribution in [0, 0.1) is 28.6 Å². The summed E-state index contributed by atoms with van der Waals surface area (Å²) in [4.78, 5) is 49.4. The zero-order valence-electron chi connectivity index (χ0n) is 25.2. The van der Waals surface area contributed by atoms with Gasteiger partial charge in [0.1, 0.15) is 5.69 Å². The van der Waals surface area contributed by atoms with Crippen LogP contribution in [0.1, 0.15) is 69.3 Å². The minimum Gasteiger partial charge on any atom is -0.446 e. The molecule has 44 heavy (non-hydrogen) atoms. The molecule has 0 radical (unpaired) electrons. The summed E-state index contributed by atoms with van der Waals surface area (Å²) in [6.45, 7) is 4.28. The van der Waals surface area contributed by atoms with Gasteiger partial charge in [-0.2, -0.15) is 0 Å². The summed E-state index contributed by atoms with van der Waals surface area (Å²) in [6.07, 6.45) is 7.11. The number of aliphatic hydroxyl groups is 1. The molecule has 7 atom stereocenters. The molecule has 228 valence electrons. The SMILES string of the molecule is CC12CCC(=O)C=C1CCC1C2C(O)CC2(C)C1CC[C@]2(OC(=O)c1ccccn1)C(=O)CSc1ccc2ccccc2n1. The molecular weight excluding hydrogens is 572 g/mol. The zero-order chi connectivity index (χ0) is 30.7. The van der Waals surface area contributed by atoms with Crippen LogP contribution in [0.4, 0.5) is 0 Å². The summed E-state index contributed by atoms with van der Waals surface area (Å²) >= 11 is 1.36. The molecule has 6 unspecified atom stereocenters. The molecule has 2 heterocycles. The fourth-order valence-electron chi connectivity index (χ4n) is 9.44. The summed E-state index contributed by atoms with van der Waals surface area (Å²) in [5, 5.41) is 13.7. The van der Waals surface area contributed by atoms with Gasteiger partial charge in [-0.25, -0.2) is 14.8 Å². The number of carbonyl (C=O) groups is 3. The highest BCUT2D eigenvalue weighted by atomic mass is 32.2. The van der Waals surface area contributed by atoms with E-state index in [4.69, 9.17) is 9.72 Å². The van der Waals surface area contributed by atoms with Crippen LogP contribution in [0.2, 0.25) is 0 Å². The first-order valence-corrected chi connectivity index (χ1v) is 16.7. The number of nitrogens with zero attached hydrogens (tertiary/aromatic N) is 2. The van der Waals surface area contributed by atoms with E-state index in [-0.39, 0.29) is 46.2 Å². The molecule has 8 heteroatoms. The first-order chi connectivity index (χ1) is 21.1. The lowest BCUT2D eigenvalue weighted by atomic mass is 9.45. The van der Waals surface area contributed by atoms with Crippen LogP contribution < -0.4 is 0 Å². The molecule has 2 aromatic heterocycles. The van der Waals surface area contributed by atoms with Crippen molar-refractivity contribution in [3.8, 4) is 0 Å². The average Bonchev–Trinajstić information content (AvgIpc) is 3.32. The van der Waals surface area contributed by atoms with E-state index >= 15 is 0 Å². The maximum atomic E-state index is 14.6. The molecule has 3 aromatic rings. The lowest BCUT2D eigenvalue weighted by molar-refractivity contribution is -0.180. The maximum absolute atomic E-state index is 14.6. The van der Waals surface area contributed by atoms with Crippen molar-refractivity contribution in [2.45, 2.75) is 75.5 Å². The second kappa shape index (κ2) is 10.9. The Kier molecular flexibility index (Phi) is 7.28. The Morgan fingerprint density at radius 1 is 1.02 bits per heavy atom. The molecule has 1 N–H and O–H groups in total. The fourth-order valence-corrected chi connectivity index (χ4v) is 10.3. The van der Waals surface area contributed by atoms with Gasteiger partial charge < -0.3 is 9.84 Å². The molecule has 0 bridgehead atoms. The first kappa shape index (κ1) is 29.4. The van der Waals surface area contributed by atoms with Crippen LogP contribution in [0.15, 0.2) is 77.5 Å². The maximum Gasteiger partial charge on any atom is 0.357 e. The van der Waals surface area contributed by atoms with Crippen LogP contribution in [0.5, 0.6) is 0 Å². The topological polar surface area (TPSA) is 106 Å². The van der Waals surface area contributed by atoms with Crippen LogP contribution in [0.3, 0.4) is 0 Å². The number of pyridine rings is 2. The van der Waals surface area contributed by atoms with E-state index in [2.05, 4.69) is 18.8 Å². The van der Waals surface area contributed by atoms with Crippen LogP contribution >= 0.6 is 11.8 Å². The van der Waals surface area contributed by atoms with E-state index in [0.29, 0.717) is 19.3 Å². The van der Waals surface area contributed by atoms with Gasteiger partial charge in [0.25, 0.3) is 0 Å². The number of hydrogen-bond acceptors (Lipinski definition) is 8. The third-order valence-corrected chi connectivity index (χ3v) is 12.5. The van der Waals surface area contributed by atoms with Crippen molar-refractivity contribution >= 4 is 40.2 Å². The molecule has 4 aliphatic rings. The lowest BCUT2D eigenvalue weighted by Crippen LogP contribution is -2.63. The molecule has 0 amide bonds. The van der Waals surface area contributed by atoms with Crippen molar-refractivity contribution in [1.82, 2.24) is 9.97 Å². The minimum absolute atomic E-state index is 0.00208. The Labute approximate surface area is 261 Å². The highest BCUT2D eigenvalue weighted by molar-refractivity contribution is 7.99. The Balaban J connectivity index is 1.23. The van der Waals surface area contributed by atoms with Gasteiger partial charge >= 0.3 is 5.97 Å². The van der Waals surface area contributed by atoms with Gasteiger partial charge in [-0.3, -0.25) is 9.59 Å². The number of hydrogen-bond donors (Lipinski definition) is 1. The summed E-state index contributed by atoms with van der Waals surface area (Å²) in [6, 6.07) is 16.9. The highest BCUT2D eigenvalue weighted by Crippen LogP contribution is 2.68. The standard InChI is InChI=1S/C36H38N2O5S/c1-34-16-14-24(39)19-23(34)11-12-25-26-15-17-36(35(26,2)20-29(40)32(25)34,43-33(42)28-9-5-6-18-37-28)30(41)21-44-31-13-10-22-7-3-4-8-27(22)38-31/h3-10,13,18-19,25-26,29,32,40H,11-12,14-17,20-21H2,1-2H3/t25?,26?,29?,32?,34?,35?,36-/m0/s1. The zero-order valence-corrected chi connectivity index (χ0v) is 26.0. The number of esters is 1. The molecule has 0 saturated heterocycles. The molecule has 3 saturated carbocycles. The quantitative estimate of drug-likeness (QED) is 0.253. The number of aromatic nitrogens is 2. The van der Waals surface area contributed by atoms with Gasteiger partial charge in [-0.15, -0.1) is 0 Å². The average molecular weight is 611 g/mol. The van der Waals surface area contributed by atoms with Gasteiger partial charge in [0.05, 0.1) is 22.4 Å². The Morgan fingerprint density at radius 3 is 2.66 bits per heavy atom. The van der Waals surface area contributed by atoms with Crippen molar-refractivity contribution in [2.75, 3.05) is 5.75 Å². The predicted molar refractivity (Wildman–Crippen MR) is 168 cm³/mol. The number of fused-ring (bicyclic) bond motifs is 6. The molecule has 0 spiro atoms. The van der Waals surface area contributed by atoms with Crippen molar-refractivity contribution in [3.63, 3.8) is 0 Å². The predicted octanol–water partition coefficient (Wildman–Crippen LogP) is 6.39. The molecule has 3 fully saturated rings. The normalized spacial score (nSPS) is 34.4. The molecule has 1 aromatic carbocycles. The van der Waals surface area contributed by atoms with Crippen molar-refractivity contribution in [1.29, 1.82) is 0 Å². The van der Waals surface area contributed by atoms with Gasteiger partial charge in [0, 0.05) is 23.4 Å². The number of ketones is 2. The van der Waals surface area contributed by atoms with Crippen LogP contribution in [-0.2, 0) is 14.3 Å². The summed E-state index contributed by atoms with van der Waals surface area (Å²) in [5.74, 6) is -0.229. The molecule has 0 aliphatic heterocycles. The Bertz CT molecular complexity index is 1680. The molecular formula is C36H38N2O5S. The number of para-hydroxylation sites is 1. The molecule has 7 rings (SSSR count). The number of aliphatic hydroxyl groups excluding tert-OH is 1. The van der Waals surface area contributed by atoms with E-state index in [0.717, 1.165) is 41.6 Å². The third kappa shape index (κ3) is 4.55. The number of ether oxygens (including phenoxy) is 1. The number of carbonyl (C=O) groups excluding carboxylic acids is 3. The van der Waals surface area contributed by atoms with Gasteiger partial charge in [-0.1, -0.05) is 61.5 Å². The second-order valence-corrected chi connectivity index (χ2v) is 14.6. The van der Waals surface area contributed by atoms with Crippen molar-refractivity contribution < 1.29 is 24.2 Å². The van der Waals surface area contributed by atoms with Crippen LogP contribution in [-0.4, -0.2) is 50.1 Å². The van der Waals surface area contributed by atoms with Gasteiger partial charge in [-0.05, 0) is 92.0 Å². The summed E-state index contributed by atoms with van der Waals surface area (Å²) in [7, 11) is 0. The van der Waals surface area contributed by atoms with E-state index in [1.165, 1.54) is 17.3 Å². The first-order valence-electron chi connectivity index (χ1n) is 15.7. The van der Waals surface area contributed by atoms with Crippen LogP contribution in [0.25, 0.3) is 10.9 Å². The third-order valence-electron chi connectivity index (χ3n) is 11.5. The van der Waals surface area contributed by atoms with E-state index < -0.39 is 23.1 Å². The number of Topliss-reactive ketones (excluding diaryl/α,β-unsaturated/α-hetero) is 1. The van der Waals surface area contributed by atoms with Crippen molar-refractivity contribution in [2.24, 2.45) is 28.6 Å². The highest BCUT2D eigenvalue weighted by Gasteiger charge is 2.70. The van der Waals surface area contributed by atoms with Gasteiger partial charge in [0.2, 0.25) is 0 Å². The fraction of sp³-hybridized carbons (Fsp3) is 0.472. The molecule has 7 nitrogen and oxygen atoms in total. The summed E-state index contributed by atoms with van der Waals surface area (Å²) < 4.78 is 6.40. The number of benzene rings is 1. The number of allylic oxidation sites excluding steroid dienone is 1. The smallest absolute Gasteiger partial charge is 0.357 e. The van der Waals surface area contributed by atoms with E-state index in [9.17, 15) is 19.5 Å². The Morgan fingerprint density at radius 2 is 1.84 bits per heavy atom. The Hall–Kier alpha value is -3.36. The monoisotopic (exact) mass is 610 g/mol. The largest absolute Gasteiger partial charge is 0.446 e. The van der Waals surface area contributed by atoms with Gasteiger partial charge in [0.15, 0.2) is 17.2 Å². The van der Waals surface area contributed by atoms with E-state index in [1.807, 2.05) is 42.5 Å². The molecule has 4 aliphatic carbocycles.